The number of nitrogens with one attached hydrogen (secondary N) is 20. The molecule has 0 rings (SSSR count). The van der Waals surface area contributed by atoms with Crippen molar-refractivity contribution in [3.05, 3.63) is 0 Å². The summed E-state index contributed by atoms with van der Waals surface area (Å²) < 4.78 is 5.24. The zero-order valence-corrected chi connectivity index (χ0v) is 71.1. The van der Waals surface area contributed by atoms with Gasteiger partial charge in [-0.3, -0.25) is 33.6 Å². The average Bonchev–Trinajstić information content (AvgIpc) is 0.870. The van der Waals surface area contributed by atoms with Crippen molar-refractivity contribution in [2.45, 2.75) is 302 Å². The molecular weight excluding hydrogens is 1430 g/mol. The largest absolute Gasteiger partial charge is 0.444 e. The van der Waals surface area contributed by atoms with Crippen LogP contribution in [0.1, 0.15) is 212 Å². The molecule has 0 heterocycles. The Morgan fingerprint density at radius 3 is 0.964 bits per heavy atom. The molecule has 0 aliphatic carbocycles. The van der Waals surface area contributed by atoms with Gasteiger partial charge in [-0.05, 0) is 148 Å². The summed E-state index contributed by atoms with van der Waals surface area (Å²) >= 11 is 0. The lowest BCUT2D eigenvalue weighted by Gasteiger charge is -2.28. The fraction of sp³-hybridized carbons (Fsp3) is 0.813. The number of primary amides is 1. The summed E-state index contributed by atoms with van der Waals surface area (Å²) in [5, 5.41) is 55.7. The summed E-state index contributed by atoms with van der Waals surface area (Å²) in [4.78, 5) is 184. The predicted octanol–water partition coefficient (Wildman–Crippen LogP) is 2.95. The van der Waals surface area contributed by atoms with Gasteiger partial charge in [-0.25, -0.2) is 33.6 Å². The predicted molar refractivity (Wildman–Crippen MR) is 428 cm³/mol. The number of alkyl carbamates (subject to hydrolysis) is 1. The number of carbonyl (C=O) groups excluding carboxylic acids is 14. The molecule has 0 saturated heterocycles. The van der Waals surface area contributed by atoms with Crippen molar-refractivity contribution < 1.29 is 71.9 Å². The van der Waals surface area contributed by atoms with Crippen LogP contribution in [-0.4, -0.2) is 220 Å². The molecule has 14 atom stereocenters. The first-order valence-electron chi connectivity index (χ1n) is 39.5. The molecule has 0 aliphatic rings. The molecule has 640 valence electrons. The zero-order valence-electron chi connectivity index (χ0n) is 71.1. The van der Waals surface area contributed by atoms with Gasteiger partial charge in [0.05, 0.1) is 12.1 Å². The molecule has 36 heteroatoms. The van der Waals surface area contributed by atoms with E-state index < -0.39 is 174 Å². The van der Waals surface area contributed by atoms with Crippen molar-refractivity contribution >= 4 is 83.6 Å². The van der Waals surface area contributed by atoms with Crippen molar-refractivity contribution in [3.8, 4) is 0 Å². The molecule has 111 heavy (non-hydrogen) atoms. The van der Waals surface area contributed by atoms with E-state index in [1.165, 1.54) is 20.8 Å². The van der Waals surface area contributed by atoms with E-state index in [0.29, 0.717) is 25.7 Å². The molecule has 20 amide bonds. The molecule has 0 aromatic carbocycles. The van der Waals surface area contributed by atoms with Crippen LogP contribution >= 0.6 is 0 Å². The summed E-state index contributed by atoms with van der Waals surface area (Å²) in [7, 11) is 0. The molecule has 0 radical (unpaired) electrons. The van der Waals surface area contributed by atoms with Gasteiger partial charge in [-0.2, -0.15) is 0 Å². The van der Waals surface area contributed by atoms with E-state index in [0.717, 1.165) is 0 Å². The first kappa shape index (κ1) is 102. The molecule has 0 aliphatic heterocycles. The maximum Gasteiger partial charge on any atom is 0.408 e. The average molecular weight is 1580 g/mol. The van der Waals surface area contributed by atoms with Crippen LogP contribution in [0.5, 0.6) is 0 Å². The van der Waals surface area contributed by atoms with E-state index in [1.54, 1.807) is 41.5 Å². The highest BCUT2D eigenvalue weighted by atomic mass is 16.6. The van der Waals surface area contributed by atoms with Gasteiger partial charge in [0, 0.05) is 82.1 Å². The van der Waals surface area contributed by atoms with Gasteiger partial charge < -0.3 is 117 Å². The van der Waals surface area contributed by atoms with Gasteiger partial charge in [0.1, 0.15) is 41.9 Å². The lowest BCUT2D eigenvalue weighted by atomic mass is 10.00. The Balaban J connectivity index is 5.35. The van der Waals surface area contributed by atoms with Crippen molar-refractivity contribution in [2.24, 2.45) is 53.1 Å². The van der Waals surface area contributed by atoms with Crippen LogP contribution < -0.4 is 112 Å². The fourth-order valence-corrected chi connectivity index (χ4v) is 11.1. The monoisotopic (exact) mass is 1580 g/mol. The minimum absolute atomic E-state index is 0.000283. The van der Waals surface area contributed by atoms with Crippen LogP contribution in [0, 0.1) is 47.3 Å². The number of urea groups is 6. The van der Waals surface area contributed by atoms with E-state index in [1.807, 2.05) is 111 Å². The van der Waals surface area contributed by atoms with Crippen molar-refractivity contribution in [1.29, 1.82) is 0 Å². The molecule has 36 nitrogen and oxygen atoms in total. The Morgan fingerprint density at radius 1 is 0.279 bits per heavy atom. The quantitative estimate of drug-likeness (QED) is 0.0416. The third kappa shape index (κ3) is 48.5. The van der Waals surface area contributed by atoms with Crippen LogP contribution in [0.2, 0.25) is 0 Å². The lowest BCUT2D eigenvalue weighted by molar-refractivity contribution is -0.134. The third-order valence-corrected chi connectivity index (χ3v) is 17.1. The number of rotatable bonds is 49. The highest BCUT2D eigenvalue weighted by Crippen LogP contribution is 2.14. The molecule has 0 unspecified atom stereocenters. The van der Waals surface area contributed by atoms with Crippen molar-refractivity contribution in [2.75, 3.05) is 45.8 Å². The zero-order chi connectivity index (χ0) is 85.3. The number of nitrogens with two attached hydrogens (primary N) is 1. The van der Waals surface area contributed by atoms with E-state index in [9.17, 15) is 67.1 Å². The van der Waals surface area contributed by atoms with Crippen LogP contribution in [0.4, 0.5) is 33.6 Å². The molecule has 0 bridgehead atoms. The molecule has 0 aromatic rings. The minimum atomic E-state index is -1.13. The Kier molecular flexibility index (Phi) is 48.2. The van der Waals surface area contributed by atoms with E-state index in [4.69, 9.17) is 10.5 Å². The van der Waals surface area contributed by atoms with Crippen LogP contribution in [-0.2, 0) is 38.3 Å². The number of hydrogen-bond donors (Lipinski definition) is 21. The topological polar surface area (TPSA) is 515 Å². The highest BCUT2D eigenvalue weighted by Gasteiger charge is 2.33. The summed E-state index contributed by atoms with van der Waals surface area (Å²) in [5.41, 5.74) is 4.71. The van der Waals surface area contributed by atoms with Gasteiger partial charge in [0.2, 0.25) is 41.4 Å². The summed E-state index contributed by atoms with van der Waals surface area (Å²) in [5.74, 6) is -3.79. The first-order valence-corrected chi connectivity index (χ1v) is 39.5. The van der Waals surface area contributed by atoms with Crippen molar-refractivity contribution in [1.82, 2.24) is 106 Å². The van der Waals surface area contributed by atoms with Gasteiger partial charge in [0.15, 0.2) is 0 Å². The highest BCUT2D eigenvalue weighted by molar-refractivity contribution is 5.95. The second-order valence-corrected chi connectivity index (χ2v) is 33.6. The van der Waals surface area contributed by atoms with Crippen molar-refractivity contribution in [3.63, 3.8) is 0 Å². The maximum atomic E-state index is 13.9. The molecule has 22 N–H and O–H groups in total. The van der Waals surface area contributed by atoms with Gasteiger partial charge in [0.25, 0.3) is 0 Å². The summed E-state index contributed by atoms with van der Waals surface area (Å²) in [6.07, 6.45) is 1.60. The van der Waals surface area contributed by atoms with E-state index in [2.05, 4.69) is 106 Å². The summed E-state index contributed by atoms with van der Waals surface area (Å²) in [6, 6.07) is -13.8. The van der Waals surface area contributed by atoms with Gasteiger partial charge >= 0.3 is 42.3 Å². The van der Waals surface area contributed by atoms with Gasteiger partial charge in [-0.15, -0.1) is 0 Å². The Hall–Kier alpha value is -8.86. The molecule has 0 saturated carbocycles. The smallest absolute Gasteiger partial charge is 0.408 e. The number of ether oxygens (including phenoxy) is 1. The summed E-state index contributed by atoms with van der Waals surface area (Å²) in [6.45, 7) is 45.5. The second kappa shape index (κ2) is 52.4. The SMILES string of the molecule is CC(C)C[C@@H](CNC(=O)N[C@@H](C)C(=O)N[C@H](CN[C@@H](C)C(=O)N[C@@H](CC(C)C)C(N)=O)CC(C)C)NC(=O)NC[C@H](C)NC(=O)NC[C@@H](NC(=O)NC[C@H](CC(C)C)NC(=O)NC[C@H](C)NC(=O)NC[C@@H](NC(=O)[C@H](CC(C)C)NC(=O)[C@H](C)NC(=O)[C@H](CC(C)C)NC(=O)[C@H](C)NC(=O)OC(C)(C)C)C(C)C)C(C)C. The molecule has 0 aromatic heterocycles. The number of carbonyl (C=O) groups is 14. The standard InChI is InChI=1S/C75H145N21O15/c1-39(2)26-53(34-77-49(19)62(98)92-56(61(76)97)29-42(7)8)89-63(99)51(21)87-70(106)80-35-54(27-40(3)4)90-71(107)78-33-48(18)85-69(105)83-38-60(46(15)16)96-73(109)81-36-55(28-41(5)6)91-72(108)79-32-47(17)84-68(104)82-37-59(45(13)14)95-67(103)58(31-44(11)12)94-64(100)50(20)86-66(102)57(30-43(9)10)93-65(101)52(22)88-74(110)111-75(23,24)25/h39-60,77H,26-38H2,1-25H3,(H2,76,97)(H,86,102)(H,88,110)(H,89,99)(H,92,98)(H,93,101)(H,94,100)(H,95,103)(H2,78,90,107)(H2,79,91,108)(H2,80,87,106)(H2,81,96,109)(H2,82,84,104)(H2,83,85,105)/t47-,48-,49-,50-,51-,52-,53-,54-,55-,56-,57-,58-,59+,60+/m0/s1. The normalized spacial score (nSPS) is 15.4. The Labute approximate surface area is 659 Å². The van der Waals surface area contributed by atoms with Crippen LogP contribution in [0.25, 0.3) is 0 Å². The molecule has 0 fully saturated rings. The number of hydrogen-bond acceptors (Lipinski definition) is 16. The fourth-order valence-electron chi connectivity index (χ4n) is 11.1. The minimum Gasteiger partial charge on any atom is -0.444 e. The lowest BCUT2D eigenvalue weighted by Crippen LogP contribution is -2.59. The van der Waals surface area contributed by atoms with Gasteiger partial charge in [-0.1, -0.05) is 111 Å². The Morgan fingerprint density at radius 2 is 0.577 bits per heavy atom. The first-order chi connectivity index (χ1) is 51.4. The Bertz CT molecular complexity index is 2930. The number of amides is 20. The maximum absolute atomic E-state index is 13.9. The van der Waals surface area contributed by atoms with E-state index in [-0.39, 0.29) is 106 Å². The second-order valence-electron chi connectivity index (χ2n) is 33.6. The third-order valence-electron chi connectivity index (χ3n) is 17.1. The van der Waals surface area contributed by atoms with E-state index >= 15 is 0 Å². The van der Waals surface area contributed by atoms with Crippen LogP contribution in [0.3, 0.4) is 0 Å². The molecular formula is C75H145N21O15. The molecule has 0 spiro atoms. The van der Waals surface area contributed by atoms with Crippen LogP contribution in [0.15, 0.2) is 0 Å².